The first kappa shape index (κ1) is 17.0. The van der Waals surface area contributed by atoms with E-state index in [1.165, 1.54) is 13.8 Å². The van der Waals surface area contributed by atoms with Gasteiger partial charge in [-0.05, 0) is 6.42 Å². The Kier molecular flexibility index (Phi) is 5.04. The second kappa shape index (κ2) is 5.33. The van der Waals surface area contributed by atoms with Gasteiger partial charge in [-0.1, -0.05) is 13.8 Å². The zero-order valence-corrected chi connectivity index (χ0v) is 9.74. The number of hydrogen-bond donors (Lipinski definition) is 2. The second-order valence-corrected chi connectivity index (χ2v) is 4.38. The molecule has 108 valence electrons. The molecule has 0 radical (unpaired) electrons. The Labute approximate surface area is 99.8 Å². The van der Waals surface area contributed by atoms with Crippen LogP contribution in [-0.4, -0.2) is 30.9 Å². The fraction of sp³-hybridized carbons (Fsp3) is 0.889. The molecule has 0 atom stereocenters. The standard InChI is InChI=1S/C9H14F6N2O/c1-7(2,6(16)17)3-4-18-5(8(10,11)12)9(13,14)15/h5H,3-4H2,1-2H3,(H3,16,17). The van der Waals surface area contributed by atoms with Crippen molar-refractivity contribution < 1.29 is 31.1 Å². The number of halogens is 6. The van der Waals surface area contributed by atoms with E-state index in [0.717, 1.165) is 0 Å². The van der Waals surface area contributed by atoms with Crippen molar-refractivity contribution in [3.05, 3.63) is 0 Å². The molecule has 9 heteroatoms. The van der Waals surface area contributed by atoms with Crippen molar-refractivity contribution in [2.45, 2.75) is 38.7 Å². The Bertz CT molecular complexity index is 282. The van der Waals surface area contributed by atoms with Gasteiger partial charge in [0.05, 0.1) is 5.84 Å². The Balaban J connectivity index is 4.54. The van der Waals surface area contributed by atoms with Gasteiger partial charge in [0, 0.05) is 12.0 Å². The summed E-state index contributed by atoms with van der Waals surface area (Å²) >= 11 is 0. The van der Waals surface area contributed by atoms with Gasteiger partial charge in [-0.15, -0.1) is 0 Å². The highest BCUT2D eigenvalue weighted by atomic mass is 19.4. The first-order valence-corrected chi connectivity index (χ1v) is 4.88. The van der Waals surface area contributed by atoms with E-state index in [-0.39, 0.29) is 12.3 Å². The molecular weight excluding hydrogens is 266 g/mol. The van der Waals surface area contributed by atoms with Crippen LogP contribution in [-0.2, 0) is 4.74 Å². The van der Waals surface area contributed by atoms with Gasteiger partial charge in [0.15, 0.2) is 0 Å². The minimum Gasteiger partial charge on any atom is -0.387 e. The van der Waals surface area contributed by atoms with Gasteiger partial charge in [-0.3, -0.25) is 5.41 Å². The van der Waals surface area contributed by atoms with E-state index in [1.54, 1.807) is 0 Å². The molecule has 0 aromatic rings. The summed E-state index contributed by atoms with van der Waals surface area (Å²) in [6, 6.07) is 0. The molecule has 0 aliphatic heterocycles. The first-order valence-electron chi connectivity index (χ1n) is 4.88. The second-order valence-electron chi connectivity index (χ2n) is 4.38. The average molecular weight is 280 g/mol. The molecule has 0 spiro atoms. The number of rotatable bonds is 5. The van der Waals surface area contributed by atoms with Crippen molar-refractivity contribution in [1.29, 1.82) is 5.41 Å². The fourth-order valence-corrected chi connectivity index (χ4v) is 0.941. The third-order valence-electron chi connectivity index (χ3n) is 2.34. The smallest absolute Gasteiger partial charge is 0.387 e. The van der Waals surface area contributed by atoms with Crippen LogP contribution in [0.4, 0.5) is 26.3 Å². The largest absolute Gasteiger partial charge is 0.423 e. The zero-order valence-electron chi connectivity index (χ0n) is 9.74. The third kappa shape index (κ3) is 5.11. The van der Waals surface area contributed by atoms with Crippen molar-refractivity contribution in [1.82, 2.24) is 0 Å². The molecule has 0 aliphatic rings. The SMILES string of the molecule is CC(C)(CCOC(C(F)(F)F)C(F)(F)F)C(=N)N. The average Bonchev–Trinajstić information content (AvgIpc) is 2.07. The fourth-order valence-electron chi connectivity index (χ4n) is 0.941. The molecule has 0 rings (SSSR count). The van der Waals surface area contributed by atoms with Crippen LogP contribution < -0.4 is 5.73 Å². The summed E-state index contributed by atoms with van der Waals surface area (Å²) in [6.45, 7) is 2.06. The summed E-state index contributed by atoms with van der Waals surface area (Å²) in [5.74, 6) is -0.332. The highest BCUT2D eigenvalue weighted by Crippen LogP contribution is 2.36. The third-order valence-corrected chi connectivity index (χ3v) is 2.34. The van der Waals surface area contributed by atoms with E-state index in [2.05, 4.69) is 4.74 Å². The minimum atomic E-state index is -5.52. The summed E-state index contributed by atoms with van der Waals surface area (Å²) in [5, 5.41) is 7.11. The van der Waals surface area contributed by atoms with Crippen LogP contribution in [0.5, 0.6) is 0 Å². The molecule has 0 aliphatic carbocycles. The summed E-state index contributed by atoms with van der Waals surface area (Å²) in [4.78, 5) is 0. The summed E-state index contributed by atoms with van der Waals surface area (Å²) in [6.07, 6.45) is -15.1. The maximum absolute atomic E-state index is 12.1. The van der Waals surface area contributed by atoms with E-state index in [9.17, 15) is 26.3 Å². The van der Waals surface area contributed by atoms with Gasteiger partial charge < -0.3 is 10.5 Å². The molecule has 18 heavy (non-hydrogen) atoms. The highest BCUT2D eigenvalue weighted by Gasteiger charge is 2.57. The van der Waals surface area contributed by atoms with Gasteiger partial charge in [-0.25, -0.2) is 0 Å². The summed E-state index contributed by atoms with van der Waals surface area (Å²) in [7, 11) is 0. The minimum absolute atomic E-state index is 0.217. The predicted molar refractivity (Wildman–Crippen MR) is 52.2 cm³/mol. The predicted octanol–water partition coefficient (Wildman–Crippen LogP) is 2.85. The van der Waals surface area contributed by atoms with Gasteiger partial charge in [0.2, 0.25) is 6.10 Å². The molecule has 3 nitrogen and oxygen atoms in total. The van der Waals surface area contributed by atoms with Crippen LogP contribution >= 0.6 is 0 Å². The lowest BCUT2D eigenvalue weighted by atomic mass is 9.88. The molecule has 0 amide bonds. The van der Waals surface area contributed by atoms with Crippen molar-refractivity contribution in [3.63, 3.8) is 0 Å². The number of alkyl halides is 6. The molecule has 0 fully saturated rings. The molecule has 0 unspecified atom stereocenters. The Morgan fingerprint density at radius 2 is 1.50 bits per heavy atom. The number of ether oxygens (including phenoxy) is 1. The summed E-state index contributed by atoms with van der Waals surface area (Å²) < 4.78 is 76.4. The van der Waals surface area contributed by atoms with Crippen LogP contribution in [0.1, 0.15) is 20.3 Å². The van der Waals surface area contributed by atoms with E-state index >= 15 is 0 Å². The van der Waals surface area contributed by atoms with Gasteiger partial charge in [0.25, 0.3) is 0 Å². The molecule has 3 N–H and O–H groups in total. The zero-order chi connectivity index (χ0) is 14.8. The van der Waals surface area contributed by atoms with Crippen molar-refractivity contribution in [3.8, 4) is 0 Å². The van der Waals surface area contributed by atoms with E-state index in [1.807, 2.05) is 0 Å². The van der Waals surface area contributed by atoms with Gasteiger partial charge in [0.1, 0.15) is 0 Å². The lowest BCUT2D eigenvalue weighted by Gasteiger charge is -2.26. The van der Waals surface area contributed by atoms with Gasteiger partial charge >= 0.3 is 12.4 Å². The monoisotopic (exact) mass is 280 g/mol. The maximum Gasteiger partial charge on any atom is 0.423 e. The highest BCUT2D eigenvalue weighted by molar-refractivity contribution is 5.82. The van der Waals surface area contributed by atoms with Crippen LogP contribution in [0.25, 0.3) is 0 Å². The van der Waals surface area contributed by atoms with Crippen molar-refractivity contribution >= 4 is 5.84 Å². The van der Waals surface area contributed by atoms with Crippen LogP contribution in [0, 0.1) is 10.8 Å². The topological polar surface area (TPSA) is 59.1 Å². The Hall–Kier alpha value is -0.990. The van der Waals surface area contributed by atoms with Gasteiger partial charge in [-0.2, -0.15) is 26.3 Å². The van der Waals surface area contributed by atoms with E-state index < -0.39 is 30.5 Å². The molecule has 0 aromatic heterocycles. The van der Waals surface area contributed by atoms with Crippen LogP contribution in [0.3, 0.4) is 0 Å². The number of nitrogens with one attached hydrogen (secondary N) is 1. The number of nitrogens with two attached hydrogens (primary N) is 1. The summed E-state index contributed by atoms with van der Waals surface area (Å²) in [5.41, 5.74) is 4.13. The lowest BCUT2D eigenvalue weighted by Crippen LogP contribution is -2.45. The normalized spacial score (nSPS) is 14.1. The molecule has 0 saturated heterocycles. The maximum atomic E-state index is 12.1. The molecule has 0 heterocycles. The first-order chi connectivity index (χ1) is 7.78. The molecule has 0 bridgehead atoms. The van der Waals surface area contributed by atoms with Crippen molar-refractivity contribution in [2.75, 3.05) is 6.61 Å². The van der Waals surface area contributed by atoms with Crippen LogP contribution in [0.2, 0.25) is 0 Å². The Morgan fingerprint density at radius 1 is 1.11 bits per heavy atom. The van der Waals surface area contributed by atoms with E-state index in [0.29, 0.717) is 0 Å². The van der Waals surface area contributed by atoms with E-state index in [4.69, 9.17) is 11.1 Å². The van der Waals surface area contributed by atoms with Crippen molar-refractivity contribution in [2.24, 2.45) is 11.1 Å². The number of hydrogen-bond acceptors (Lipinski definition) is 2. The molecule has 0 saturated carbocycles. The quantitative estimate of drug-likeness (QED) is 0.462. The lowest BCUT2D eigenvalue weighted by molar-refractivity contribution is -0.322. The van der Waals surface area contributed by atoms with Crippen LogP contribution in [0.15, 0.2) is 0 Å². The molecule has 0 aromatic carbocycles. The number of amidine groups is 1. The Morgan fingerprint density at radius 3 is 1.78 bits per heavy atom. The molecular formula is C9H14F6N2O.